The van der Waals surface area contributed by atoms with Gasteiger partial charge in [-0.25, -0.2) is 4.79 Å². The van der Waals surface area contributed by atoms with Gasteiger partial charge in [-0.05, 0) is 11.5 Å². The summed E-state index contributed by atoms with van der Waals surface area (Å²) in [6.07, 6.45) is 0. The second-order valence-electron chi connectivity index (χ2n) is 4.07. The van der Waals surface area contributed by atoms with Gasteiger partial charge >= 0.3 is 10.6 Å². The highest BCUT2D eigenvalue weighted by atomic mass is 79.9. The van der Waals surface area contributed by atoms with E-state index in [9.17, 15) is 14.9 Å². The van der Waals surface area contributed by atoms with Gasteiger partial charge in [-0.1, -0.05) is 36.4 Å². The predicted octanol–water partition coefficient (Wildman–Crippen LogP) is 3.27. The molecule has 0 atom stereocenters. The molecular weight excluding hydrogens is 340 g/mol. The first-order valence-corrected chi connectivity index (χ1v) is 6.71. The van der Waals surface area contributed by atoms with E-state index in [1.807, 2.05) is 30.3 Å². The van der Waals surface area contributed by atoms with Gasteiger partial charge in [0.25, 0.3) is 0 Å². The van der Waals surface area contributed by atoms with Gasteiger partial charge in [0.2, 0.25) is 5.70 Å². The number of ether oxygens (including phenoxy) is 1. The zero-order chi connectivity index (χ0) is 15.4. The number of hydrogen-bond acceptors (Lipinski definition) is 5. The zero-order valence-corrected chi connectivity index (χ0v) is 12.6. The number of methoxy groups -OCH3 is 1. The van der Waals surface area contributed by atoms with E-state index in [-0.39, 0.29) is 5.70 Å². The number of carbonyl (C=O) groups excluding carboxylic acids is 1. The Morgan fingerprint density at radius 3 is 2.57 bits per heavy atom. The highest BCUT2D eigenvalue weighted by Crippen LogP contribution is 2.26. The minimum Gasteiger partial charge on any atom is -0.464 e. The number of hydrogen-bond donors (Lipinski definition) is 1. The minimum absolute atomic E-state index is 0.265. The number of nitrogens with zero attached hydrogens (tertiary/aromatic N) is 1. The molecule has 0 fully saturated rings. The van der Waals surface area contributed by atoms with E-state index >= 15 is 0 Å². The Hall–Kier alpha value is -2.41. The fraction of sp³-hybridized carbons (Fsp3) is 0.0714. The van der Waals surface area contributed by atoms with Crippen LogP contribution in [0, 0.1) is 10.1 Å². The average Bonchev–Trinajstić information content (AvgIpc) is 2.51. The molecule has 0 aliphatic carbocycles. The van der Waals surface area contributed by atoms with Crippen LogP contribution in [0.25, 0.3) is 10.8 Å². The SMILES string of the molecule is COC(=O)C(Nc1cccc2ccccc12)=C(Br)[N+](=O)[O-]. The lowest BCUT2D eigenvalue weighted by molar-refractivity contribution is -0.409. The molecule has 0 unspecified atom stereocenters. The summed E-state index contributed by atoms with van der Waals surface area (Å²) < 4.78 is 4.09. The molecule has 2 aromatic carbocycles. The molecule has 0 aromatic heterocycles. The molecule has 0 saturated carbocycles. The van der Waals surface area contributed by atoms with Crippen LogP contribution in [0.4, 0.5) is 5.69 Å². The predicted molar refractivity (Wildman–Crippen MR) is 82.5 cm³/mol. The van der Waals surface area contributed by atoms with Gasteiger partial charge in [-0.15, -0.1) is 0 Å². The highest BCUT2D eigenvalue weighted by molar-refractivity contribution is 9.11. The van der Waals surface area contributed by atoms with Crippen molar-refractivity contribution in [3.8, 4) is 0 Å². The molecule has 2 rings (SSSR count). The van der Waals surface area contributed by atoms with E-state index in [1.54, 1.807) is 12.1 Å². The molecule has 21 heavy (non-hydrogen) atoms. The summed E-state index contributed by atoms with van der Waals surface area (Å²) in [6, 6.07) is 12.9. The van der Waals surface area contributed by atoms with E-state index in [1.165, 1.54) is 0 Å². The van der Waals surface area contributed by atoms with Crippen LogP contribution < -0.4 is 5.32 Å². The number of esters is 1. The number of halogens is 1. The van der Waals surface area contributed by atoms with Crippen molar-refractivity contribution in [3.05, 3.63) is 62.9 Å². The lowest BCUT2D eigenvalue weighted by Crippen LogP contribution is -2.17. The van der Waals surface area contributed by atoms with Crippen molar-refractivity contribution in [3.63, 3.8) is 0 Å². The van der Waals surface area contributed by atoms with Gasteiger partial charge in [0.05, 0.1) is 12.0 Å². The first kappa shape index (κ1) is 15.0. The van der Waals surface area contributed by atoms with Gasteiger partial charge in [0.15, 0.2) is 0 Å². The van der Waals surface area contributed by atoms with Gasteiger partial charge in [-0.3, -0.25) is 10.1 Å². The average molecular weight is 351 g/mol. The summed E-state index contributed by atoms with van der Waals surface area (Å²) in [4.78, 5) is 21.9. The Balaban J connectivity index is 2.52. The summed E-state index contributed by atoms with van der Waals surface area (Å²) in [7, 11) is 1.16. The first-order chi connectivity index (χ1) is 10.0. The molecule has 1 N–H and O–H groups in total. The van der Waals surface area contributed by atoms with Crippen LogP contribution in [0.2, 0.25) is 0 Å². The molecule has 0 radical (unpaired) electrons. The third-order valence-corrected chi connectivity index (χ3v) is 3.49. The Morgan fingerprint density at radius 2 is 1.90 bits per heavy atom. The third-order valence-electron chi connectivity index (χ3n) is 2.81. The summed E-state index contributed by atoms with van der Waals surface area (Å²) in [5, 5.41) is 15.4. The summed E-state index contributed by atoms with van der Waals surface area (Å²) >= 11 is 2.79. The van der Waals surface area contributed by atoms with Crippen LogP contribution in [0.3, 0.4) is 0 Å². The van der Waals surface area contributed by atoms with Crippen molar-refractivity contribution in [1.82, 2.24) is 0 Å². The Morgan fingerprint density at radius 1 is 1.24 bits per heavy atom. The summed E-state index contributed by atoms with van der Waals surface area (Å²) in [5.41, 5.74) is 0.311. The maximum absolute atomic E-state index is 11.7. The van der Waals surface area contributed by atoms with Crippen molar-refractivity contribution < 1.29 is 14.5 Å². The van der Waals surface area contributed by atoms with E-state index < -0.39 is 15.5 Å². The molecule has 0 aliphatic heterocycles. The van der Waals surface area contributed by atoms with Gasteiger partial charge in [0, 0.05) is 27.0 Å². The molecule has 0 aliphatic rings. The van der Waals surface area contributed by atoms with Crippen LogP contribution in [-0.4, -0.2) is 18.0 Å². The maximum atomic E-state index is 11.7. The molecule has 2 aromatic rings. The molecule has 6 nitrogen and oxygen atoms in total. The lowest BCUT2D eigenvalue weighted by atomic mass is 10.1. The van der Waals surface area contributed by atoms with Crippen molar-refractivity contribution >= 4 is 38.4 Å². The largest absolute Gasteiger partial charge is 0.464 e. The molecule has 0 spiro atoms. The second-order valence-corrected chi connectivity index (χ2v) is 4.82. The molecule has 0 heterocycles. The van der Waals surface area contributed by atoms with Crippen molar-refractivity contribution in [2.45, 2.75) is 0 Å². The monoisotopic (exact) mass is 350 g/mol. The molecule has 0 bridgehead atoms. The van der Waals surface area contributed by atoms with E-state index in [0.717, 1.165) is 17.9 Å². The van der Waals surface area contributed by atoms with Crippen molar-refractivity contribution in [2.75, 3.05) is 12.4 Å². The fourth-order valence-corrected chi connectivity index (χ4v) is 2.11. The maximum Gasteiger partial charge on any atom is 0.362 e. The van der Waals surface area contributed by atoms with Crippen molar-refractivity contribution in [1.29, 1.82) is 0 Å². The smallest absolute Gasteiger partial charge is 0.362 e. The first-order valence-electron chi connectivity index (χ1n) is 5.92. The van der Waals surface area contributed by atoms with Gasteiger partial charge < -0.3 is 10.1 Å². The zero-order valence-electron chi connectivity index (χ0n) is 11.0. The quantitative estimate of drug-likeness (QED) is 0.301. The van der Waals surface area contributed by atoms with Crippen LogP contribution in [0.5, 0.6) is 0 Å². The number of anilines is 1. The van der Waals surface area contributed by atoms with Crippen LogP contribution in [0.15, 0.2) is 52.8 Å². The molecule has 0 saturated heterocycles. The normalized spacial score (nSPS) is 11.7. The number of carbonyl (C=O) groups is 1. The summed E-state index contributed by atoms with van der Waals surface area (Å²) in [5.74, 6) is -0.827. The van der Waals surface area contributed by atoms with Gasteiger partial charge in [0.1, 0.15) is 0 Å². The van der Waals surface area contributed by atoms with Crippen LogP contribution in [0.1, 0.15) is 0 Å². The number of fused-ring (bicyclic) bond motifs is 1. The Bertz CT molecular complexity index is 737. The minimum atomic E-state index is -0.827. The topological polar surface area (TPSA) is 81.5 Å². The third kappa shape index (κ3) is 3.19. The van der Waals surface area contributed by atoms with Crippen LogP contribution >= 0.6 is 15.9 Å². The van der Waals surface area contributed by atoms with E-state index in [4.69, 9.17) is 0 Å². The van der Waals surface area contributed by atoms with Crippen LogP contribution in [-0.2, 0) is 9.53 Å². The summed E-state index contributed by atoms with van der Waals surface area (Å²) in [6.45, 7) is 0. The number of benzene rings is 2. The Labute approximate surface area is 128 Å². The lowest BCUT2D eigenvalue weighted by Gasteiger charge is -2.10. The Kier molecular flexibility index (Phi) is 4.54. The molecular formula is C14H11BrN2O4. The standard InChI is InChI=1S/C14H11BrN2O4/c1-21-14(18)12(13(15)17(19)20)16-11-8-4-6-9-5-2-3-7-10(9)11/h2-8,16H,1H3. The van der Waals surface area contributed by atoms with E-state index in [2.05, 4.69) is 26.0 Å². The molecule has 7 heteroatoms. The van der Waals surface area contributed by atoms with Crippen molar-refractivity contribution in [2.24, 2.45) is 0 Å². The molecule has 108 valence electrons. The second kappa shape index (κ2) is 6.36. The fourth-order valence-electron chi connectivity index (χ4n) is 1.85. The highest BCUT2D eigenvalue weighted by Gasteiger charge is 2.23. The number of nitro groups is 1. The molecule has 0 amide bonds. The number of rotatable bonds is 4. The van der Waals surface area contributed by atoms with Gasteiger partial charge in [-0.2, -0.15) is 0 Å². The van der Waals surface area contributed by atoms with E-state index in [0.29, 0.717) is 5.69 Å². The number of nitrogens with one attached hydrogen (secondary N) is 1.